The Bertz CT molecular complexity index is 312. The third-order valence-corrected chi connectivity index (χ3v) is 2.66. The van der Waals surface area contributed by atoms with Crippen molar-refractivity contribution in [2.24, 2.45) is 0 Å². The van der Waals surface area contributed by atoms with Crippen LogP contribution in [-0.2, 0) is 14.3 Å². The summed E-state index contributed by atoms with van der Waals surface area (Å²) in [6.45, 7) is 0.373. The van der Waals surface area contributed by atoms with Gasteiger partial charge in [-0.3, -0.25) is 4.18 Å². The first kappa shape index (κ1) is 11.3. The molecule has 1 heterocycles. The Kier molecular flexibility index (Phi) is 3.33. The minimum Gasteiger partial charge on any atom is -0.465 e. The topological polar surface area (TPSA) is 83.9 Å². The molecule has 1 aliphatic rings. The smallest absolute Gasteiger partial charge is 0.407 e. The lowest BCUT2D eigenvalue weighted by molar-refractivity contribution is 0.124. The van der Waals surface area contributed by atoms with E-state index in [9.17, 15) is 13.2 Å². The summed E-state index contributed by atoms with van der Waals surface area (Å²) in [7, 11) is -3.48. The molecule has 0 aromatic carbocycles. The van der Waals surface area contributed by atoms with E-state index < -0.39 is 16.2 Å². The van der Waals surface area contributed by atoms with Crippen LogP contribution in [-0.4, -0.2) is 50.0 Å². The molecular formula is C7H13NO5S. The Morgan fingerprint density at radius 2 is 2.29 bits per heavy atom. The zero-order valence-corrected chi connectivity index (χ0v) is 8.66. The highest BCUT2D eigenvalue weighted by Crippen LogP contribution is 2.17. The third kappa shape index (κ3) is 3.15. The molecule has 1 atom stereocenters. The van der Waals surface area contributed by atoms with Crippen molar-refractivity contribution < 1.29 is 22.5 Å². The second-order valence-electron chi connectivity index (χ2n) is 3.26. The van der Waals surface area contributed by atoms with Crippen molar-refractivity contribution in [1.29, 1.82) is 0 Å². The SMILES string of the molecule is CS(=O)(=O)OCC1CCCN1C(=O)O. The number of amides is 1. The van der Waals surface area contributed by atoms with Crippen LogP contribution in [0.4, 0.5) is 4.79 Å². The monoisotopic (exact) mass is 223 g/mol. The number of hydrogen-bond acceptors (Lipinski definition) is 4. The molecule has 1 fully saturated rings. The maximum absolute atomic E-state index is 10.7. The van der Waals surface area contributed by atoms with E-state index in [0.29, 0.717) is 13.0 Å². The second-order valence-corrected chi connectivity index (χ2v) is 4.90. The first-order valence-electron chi connectivity index (χ1n) is 4.24. The fourth-order valence-electron chi connectivity index (χ4n) is 1.46. The van der Waals surface area contributed by atoms with Gasteiger partial charge in [0.25, 0.3) is 10.1 Å². The number of rotatable bonds is 3. The fraction of sp³-hybridized carbons (Fsp3) is 0.857. The summed E-state index contributed by atoms with van der Waals surface area (Å²) in [4.78, 5) is 11.9. The molecule has 0 radical (unpaired) electrons. The van der Waals surface area contributed by atoms with Crippen LogP contribution in [0.15, 0.2) is 0 Å². The van der Waals surface area contributed by atoms with Gasteiger partial charge in [-0.1, -0.05) is 0 Å². The molecule has 1 amide bonds. The van der Waals surface area contributed by atoms with Crippen molar-refractivity contribution in [3.05, 3.63) is 0 Å². The summed E-state index contributed by atoms with van der Waals surface area (Å²) >= 11 is 0. The first-order valence-corrected chi connectivity index (χ1v) is 6.06. The standard InChI is InChI=1S/C7H13NO5S/c1-14(11,12)13-5-6-3-2-4-8(6)7(9)10/h6H,2-5H2,1H3,(H,9,10). The van der Waals surface area contributed by atoms with Crippen LogP contribution >= 0.6 is 0 Å². The molecule has 7 heteroatoms. The molecule has 14 heavy (non-hydrogen) atoms. The fourth-order valence-corrected chi connectivity index (χ4v) is 1.87. The van der Waals surface area contributed by atoms with Crippen molar-refractivity contribution in [2.75, 3.05) is 19.4 Å². The summed E-state index contributed by atoms with van der Waals surface area (Å²) in [6.07, 6.45) is 1.34. The molecule has 0 saturated carbocycles. The molecule has 1 unspecified atom stereocenters. The molecule has 1 aliphatic heterocycles. The van der Waals surface area contributed by atoms with E-state index in [0.717, 1.165) is 12.7 Å². The Balaban J connectivity index is 2.48. The van der Waals surface area contributed by atoms with E-state index in [1.807, 2.05) is 0 Å². The predicted octanol–water partition coefficient (Wildman–Crippen LogP) is 0.105. The highest BCUT2D eigenvalue weighted by Gasteiger charge is 2.29. The Morgan fingerprint density at radius 3 is 2.79 bits per heavy atom. The molecular weight excluding hydrogens is 210 g/mol. The Morgan fingerprint density at radius 1 is 1.64 bits per heavy atom. The summed E-state index contributed by atoms with van der Waals surface area (Å²) in [5.74, 6) is 0. The number of hydrogen-bond donors (Lipinski definition) is 1. The van der Waals surface area contributed by atoms with Crippen molar-refractivity contribution in [1.82, 2.24) is 4.90 Å². The van der Waals surface area contributed by atoms with Crippen molar-refractivity contribution >= 4 is 16.2 Å². The van der Waals surface area contributed by atoms with Crippen LogP contribution in [0.5, 0.6) is 0 Å². The molecule has 1 saturated heterocycles. The quantitative estimate of drug-likeness (QED) is 0.686. The average molecular weight is 223 g/mol. The van der Waals surface area contributed by atoms with E-state index in [-0.39, 0.29) is 12.6 Å². The molecule has 0 bridgehead atoms. The number of likely N-dealkylation sites (tertiary alicyclic amines) is 1. The zero-order chi connectivity index (χ0) is 10.8. The maximum atomic E-state index is 10.7. The summed E-state index contributed by atoms with van der Waals surface area (Å²) in [5.41, 5.74) is 0. The van der Waals surface area contributed by atoms with Crippen molar-refractivity contribution in [3.63, 3.8) is 0 Å². The van der Waals surface area contributed by atoms with Crippen molar-refractivity contribution in [2.45, 2.75) is 18.9 Å². The number of nitrogens with zero attached hydrogens (tertiary/aromatic N) is 1. The summed E-state index contributed by atoms with van der Waals surface area (Å²) < 4.78 is 25.9. The average Bonchev–Trinajstić information content (AvgIpc) is 2.46. The molecule has 1 N–H and O–H groups in total. The molecule has 1 rings (SSSR count). The molecule has 0 aromatic rings. The van der Waals surface area contributed by atoms with Gasteiger partial charge in [0.15, 0.2) is 0 Å². The lowest BCUT2D eigenvalue weighted by atomic mass is 10.2. The van der Waals surface area contributed by atoms with Gasteiger partial charge in [0, 0.05) is 6.54 Å². The lowest BCUT2D eigenvalue weighted by Crippen LogP contribution is -2.37. The molecule has 82 valence electrons. The highest BCUT2D eigenvalue weighted by atomic mass is 32.2. The second kappa shape index (κ2) is 4.14. The van der Waals surface area contributed by atoms with Crippen LogP contribution in [0.3, 0.4) is 0 Å². The van der Waals surface area contributed by atoms with Crippen LogP contribution in [0.2, 0.25) is 0 Å². The van der Waals surface area contributed by atoms with Gasteiger partial charge in [-0.2, -0.15) is 8.42 Å². The molecule has 0 spiro atoms. The largest absolute Gasteiger partial charge is 0.465 e. The lowest BCUT2D eigenvalue weighted by Gasteiger charge is -2.20. The van der Waals surface area contributed by atoms with E-state index in [2.05, 4.69) is 4.18 Å². The van der Waals surface area contributed by atoms with Gasteiger partial charge in [-0.05, 0) is 12.8 Å². The van der Waals surface area contributed by atoms with Crippen molar-refractivity contribution in [3.8, 4) is 0 Å². The van der Waals surface area contributed by atoms with Crippen LogP contribution in [0, 0.1) is 0 Å². The van der Waals surface area contributed by atoms with Crippen LogP contribution in [0.1, 0.15) is 12.8 Å². The summed E-state index contributed by atoms with van der Waals surface area (Å²) in [6, 6.07) is -0.331. The molecule has 0 aromatic heterocycles. The van der Waals surface area contributed by atoms with Gasteiger partial charge >= 0.3 is 6.09 Å². The van der Waals surface area contributed by atoms with Gasteiger partial charge in [0.05, 0.1) is 18.9 Å². The van der Waals surface area contributed by atoms with Crippen LogP contribution < -0.4 is 0 Å². The van der Waals surface area contributed by atoms with Crippen LogP contribution in [0.25, 0.3) is 0 Å². The minimum absolute atomic E-state index is 0.0782. The van der Waals surface area contributed by atoms with Gasteiger partial charge < -0.3 is 10.0 Å². The number of carboxylic acid groups (broad SMARTS) is 1. The predicted molar refractivity (Wildman–Crippen MR) is 48.5 cm³/mol. The zero-order valence-electron chi connectivity index (χ0n) is 7.84. The highest BCUT2D eigenvalue weighted by molar-refractivity contribution is 7.85. The van der Waals surface area contributed by atoms with Gasteiger partial charge in [-0.25, -0.2) is 4.79 Å². The third-order valence-electron chi connectivity index (χ3n) is 2.10. The Hall–Kier alpha value is -0.820. The van der Waals surface area contributed by atoms with Gasteiger partial charge in [0.1, 0.15) is 0 Å². The number of carbonyl (C=O) groups is 1. The van der Waals surface area contributed by atoms with Gasteiger partial charge in [0.2, 0.25) is 0 Å². The van der Waals surface area contributed by atoms with E-state index in [1.54, 1.807) is 0 Å². The molecule has 0 aliphatic carbocycles. The van der Waals surface area contributed by atoms with E-state index in [1.165, 1.54) is 4.90 Å². The Labute approximate surface area is 82.6 Å². The normalized spacial score (nSPS) is 22.6. The summed E-state index contributed by atoms with van der Waals surface area (Å²) in [5, 5.41) is 8.73. The molecule has 6 nitrogen and oxygen atoms in total. The van der Waals surface area contributed by atoms with E-state index in [4.69, 9.17) is 5.11 Å². The van der Waals surface area contributed by atoms with Gasteiger partial charge in [-0.15, -0.1) is 0 Å². The maximum Gasteiger partial charge on any atom is 0.407 e. The minimum atomic E-state index is -3.48. The van der Waals surface area contributed by atoms with E-state index >= 15 is 0 Å². The first-order chi connectivity index (χ1) is 6.40.